The minimum Gasteiger partial charge on any atom is -0.493 e. The van der Waals surface area contributed by atoms with Crippen LogP contribution in [0.2, 0.25) is 0 Å². The molecule has 1 aromatic heterocycles. The lowest BCUT2D eigenvalue weighted by molar-refractivity contribution is 0.0628. The fourth-order valence-electron chi connectivity index (χ4n) is 3.66. The first-order chi connectivity index (χ1) is 12.7. The predicted octanol–water partition coefficient (Wildman–Crippen LogP) is 4.41. The Morgan fingerprint density at radius 3 is 2.92 bits per heavy atom. The normalized spacial score (nSPS) is 17.4. The van der Waals surface area contributed by atoms with Gasteiger partial charge < -0.3 is 14.6 Å². The Morgan fingerprint density at radius 1 is 1.19 bits per heavy atom. The standard InChI is InChI=1S/C22H24N2O2/c1-16-6-4-9-19(12-16)26-15-17-7-5-11-24(14-17)22(25)21-13-18-8-2-3-10-20(18)23-21/h2-4,6,8-10,12-13,17,23H,5,7,11,14-15H2,1H3. The number of likely N-dealkylation sites (tertiary alicyclic amines) is 1. The zero-order valence-electron chi connectivity index (χ0n) is 15.1. The van der Waals surface area contributed by atoms with Crippen molar-refractivity contribution in [2.45, 2.75) is 19.8 Å². The lowest BCUT2D eigenvalue weighted by atomic mass is 9.98. The molecule has 1 saturated heterocycles. The van der Waals surface area contributed by atoms with Crippen LogP contribution in [0.3, 0.4) is 0 Å². The Hall–Kier alpha value is -2.75. The summed E-state index contributed by atoms with van der Waals surface area (Å²) < 4.78 is 5.96. The number of carbonyl (C=O) groups excluding carboxylic acids is 1. The van der Waals surface area contributed by atoms with E-state index in [0.29, 0.717) is 18.2 Å². The number of aromatic amines is 1. The number of nitrogens with zero attached hydrogens (tertiary/aromatic N) is 1. The van der Waals surface area contributed by atoms with E-state index in [9.17, 15) is 4.79 Å². The van der Waals surface area contributed by atoms with Crippen molar-refractivity contribution >= 4 is 16.8 Å². The molecule has 1 fully saturated rings. The smallest absolute Gasteiger partial charge is 0.270 e. The highest BCUT2D eigenvalue weighted by molar-refractivity contribution is 5.98. The van der Waals surface area contributed by atoms with Crippen molar-refractivity contribution in [3.63, 3.8) is 0 Å². The van der Waals surface area contributed by atoms with Gasteiger partial charge in [-0.2, -0.15) is 0 Å². The molecule has 134 valence electrons. The number of carbonyl (C=O) groups is 1. The molecule has 26 heavy (non-hydrogen) atoms. The van der Waals surface area contributed by atoms with Gasteiger partial charge in [-0.25, -0.2) is 0 Å². The number of H-pyrrole nitrogens is 1. The molecule has 2 aromatic carbocycles. The molecule has 0 aliphatic carbocycles. The summed E-state index contributed by atoms with van der Waals surface area (Å²) in [6.07, 6.45) is 2.12. The van der Waals surface area contributed by atoms with Gasteiger partial charge in [0.1, 0.15) is 11.4 Å². The molecule has 1 aliphatic rings. The van der Waals surface area contributed by atoms with Crippen molar-refractivity contribution in [3.8, 4) is 5.75 Å². The molecule has 0 spiro atoms. The number of aryl methyl sites for hydroxylation is 1. The van der Waals surface area contributed by atoms with E-state index in [1.165, 1.54) is 5.56 Å². The van der Waals surface area contributed by atoms with Gasteiger partial charge in [-0.3, -0.25) is 4.79 Å². The second-order valence-electron chi connectivity index (χ2n) is 7.16. The zero-order chi connectivity index (χ0) is 17.9. The fraction of sp³-hybridized carbons (Fsp3) is 0.318. The number of amides is 1. The number of benzene rings is 2. The van der Waals surface area contributed by atoms with Crippen LogP contribution in [-0.4, -0.2) is 35.5 Å². The predicted molar refractivity (Wildman–Crippen MR) is 104 cm³/mol. The summed E-state index contributed by atoms with van der Waals surface area (Å²) in [5, 5.41) is 1.08. The Morgan fingerprint density at radius 2 is 2.08 bits per heavy atom. The Kier molecular flexibility index (Phi) is 4.65. The van der Waals surface area contributed by atoms with Gasteiger partial charge in [0.2, 0.25) is 0 Å². The highest BCUT2D eigenvalue weighted by Crippen LogP contribution is 2.22. The van der Waals surface area contributed by atoms with Gasteiger partial charge >= 0.3 is 0 Å². The summed E-state index contributed by atoms with van der Waals surface area (Å²) in [6, 6.07) is 18.1. The molecule has 1 N–H and O–H groups in total. The number of para-hydroxylation sites is 1. The largest absolute Gasteiger partial charge is 0.493 e. The minimum atomic E-state index is 0.0847. The molecule has 0 bridgehead atoms. The molecule has 4 nitrogen and oxygen atoms in total. The lowest BCUT2D eigenvalue weighted by Gasteiger charge is -2.32. The first-order valence-corrected chi connectivity index (χ1v) is 9.25. The monoisotopic (exact) mass is 348 g/mol. The summed E-state index contributed by atoms with van der Waals surface area (Å²) in [5.74, 6) is 1.36. The highest BCUT2D eigenvalue weighted by atomic mass is 16.5. The minimum absolute atomic E-state index is 0.0847. The topological polar surface area (TPSA) is 45.3 Å². The third-order valence-electron chi connectivity index (χ3n) is 5.04. The second kappa shape index (κ2) is 7.24. The molecule has 1 aliphatic heterocycles. The number of hydrogen-bond donors (Lipinski definition) is 1. The molecule has 1 unspecified atom stereocenters. The van der Waals surface area contributed by atoms with Crippen LogP contribution in [0.5, 0.6) is 5.75 Å². The van der Waals surface area contributed by atoms with E-state index in [1.54, 1.807) is 0 Å². The van der Waals surface area contributed by atoms with Gasteiger partial charge in [0.25, 0.3) is 5.91 Å². The Labute approximate surface area is 153 Å². The molecule has 1 amide bonds. The van der Waals surface area contributed by atoms with E-state index < -0.39 is 0 Å². The first kappa shape index (κ1) is 16.7. The molecule has 3 aromatic rings. The van der Waals surface area contributed by atoms with Crippen LogP contribution in [0, 0.1) is 12.8 Å². The summed E-state index contributed by atoms with van der Waals surface area (Å²) in [5.41, 5.74) is 2.88. The van der Waals surface area contributed by atoms with Crippen LogP contribution >= 0.6 is 0 Å². The highest BCUT2D eigenvalue weighted by Gasteiger charge is 2.25. The zero-order valence-corrected chi connectivity index (χ0v) is 15.1. The molecular formula is C22H24N2O2. The van der Waals surface area contributed by atoms with Gasteiger partial charge in [-0.05, 0) is 49.6 Å². The molecule has 4 rings (SSSR count). The van der Waals surface area contributed by atoms with Crippen LogP contribution in [0.1, 0.15) is 28.9 Å². The van der Waals surface area contributed by atoms with Crippen molar-refractivity contribution in [2.75, 3.05) is 19.7 Å². The number of ether oxygens (including phenoxy) is 1. The van der Waals surface area contributed by atoms with Gasteiger partial charge in [0, 0.05) is 29.9 Å². The lowest BCUT2D eigenvalue weighted by Crippen LogP contribution is -2.41. The summed E-state index contributed by atoms with van der Waals surface area (Å²) in [7, 11) is 0. The molecule has 0 radical (unpaired) electrons. The van der Waals surface area contributed by atoms with Crippen LogP contribution < -0.4 is 4.74 Å². The first-order valence-electron chi connectivity index (χ1n) is 9.25. The SMILES string of the molecule is Cc1cccc(OCC2CCCN(C(=O)c3cc4ccccc4[nH]3)C2)c1. The maximum atomic E-state index is 12.9. The number of fused-ring (bicyclic) bond motifs is 1. The third-order valence-corrected chi connectivity index (χ3v) is 5.04. The third kappa shape index (κ3) is 3.59. The summed E-state index contributed by atoms with van der Waals surface area (Å²) in [4.78, 5) is 18.1. The fourth-order valence-corrected chi connectivity index (χ4v) is 3.66. The van der Waals surface area contributed by atoms with E-state index >= 15 is 0 Å². The van der Waals surface area contributed by atoms with Crippen molar-refractivity contribution in [1.29, 1.82) is 0 Å². The average Bonchev–Trinajstić information content (AvgIpc) is 3.10. The number of nitrogens with one attached hydrogen (secondary N) is 1. The van der Waals surface area contributed by atoms with Crippen molar-refractivity contribution in [2.24, 2.45) is 5.92 Å². The van der Waals surface area contributed by atoms with Gasteiger partial charge in [0.15, 0.2) is 0 Å². The van der Waals surface area contributed by atoms with Gasteiger partial charge in [0.05, 0.1) is 6.61 Å². The molecular weight excluding hydrogens is 324 g/mol. The Bertz CT molecular complexity index is 882. The maximum absolute atomic E-state index is 12.9. The van der Waals surface area contributed by atoms with Gasteiger partial charge in [-0.1, -0.05) is 30.3 Å². The molecule has 1 atom stereocenters. The quantitative estimate of drug-likeness (QED) is 0.759. The maximum Gasteiger partial charge on any atom is 0.270 e. The molecule has 2 heterocycles. The number of rotatable bonds is 4. The Balaban J connectivity index is 1.40. The van der Waals surface area contributed by atoms with Gasteiger partial charge in [-0.15, -0.1) is 0 Å². The number of piperidine rings is 1. The number of aromatic nitrogens is 1. The second-order valence-corrected chi connectivity index (χ2v) is 7.16. The average molecular weight is 348 g/mol. The van der Waals surface area contributed by atoms with Crippen molar-refractivity contribution in [1.82, 2.24) is 9.88 Å². The van der Waals surface area contributed by atoms with E-state index in [-0.39, 0.29) is 5.91 Å². The van der Waals surface area contributed by atoms with Crippen LogP contribution in [0.4, 0.5) is 0 Å². The van der Waals surface area contributed by atoms with E-state index in [0.717, 1.165) is 42.6 Å². The number of hydrogen-bond acceptors (Lipinski definition) is 2. The van der Waals surface area contributed by atoms with Crippen molar-refractivity contribution in [3.05, 3.63) is 65.9 Å². The van der Waals surface area contributed by atoms with Crippen LogP contribution in [0.25, 0.3) is 10.9 Å². The summed E-state index contributed by atoms with van der Waals surface area (Å²) in [6.45, 7) is 4.28. The van der Waals surface area contributed by atoms with E-state index in [2.05, 4.69) is 24.0 Å². The molecule has 0 saturated carbocycles. The molecule has 4 heteroatoms. The van der Waals surface area contributed by atoms with Crippen LogP contribution in [0.15, 0.2) is 54.6 Å². The van der Waals surface area contributed by atoms with E-state index in [4.69, 9.17) is 4.74 Å². The van der Waals surface area contributed by atoms with Crippen molar-refractivity contribution < 1.29 is 9.53 Å². The van der Waals surface area contributed by atoms with E-state index in [1.807, 2.05) is 47.4 Å². The van der Waals surface area contributed by atoms with Crippen LogP contribution in [-0.2, 0) is 0 Å². The summed E-state index contributed by atoms with van der Waals surface area (Å²) >= 11 is 0.